The van der Waals surface area contributed by atoms with Crippen LogP contribution in [0.3, 0.4) is 0 Å². The van der Waals surface area contributed by atoms with Crippen LogP contribution >= 0.6 is 23.2 Å². The van der Waals surface area contributed by atoms with E-state index in [1.807, 2.05) is 39.0 Å². The molecule has 1 atom stereocenters. The molecule has 0 aliphatic carbocycles. The number of nitrogens with one attached hydrogen (secondary N) is 1. The highest BCUT2D eigenvalue weighted by Crippen LogP contribution is 2.29. The Morgan fingerprint density at radius 2 is 1.61 bits per heavy atom. The molecule has 1 N–H and O–H groups in total. The van der Waals surface area contributed by atoms with Gasteiger partial charge in [-0.25, -0.2) is 0 Å². The van der Waals surface area contributed by atoms with Crippen molar-refractivity contribution in [2.45, 2.75) is 53.1 Å². The fourth-order valence-corrected chi connectivity index (χ4v) is 3.71. The Hall–Kier alpha value is -2.44. The van der Waals surface area contributed by atoms with E-state index >= 15 is 0 Å². The topological polar surface area (TPSA) is 67.9 Å². The molecular weight excluding hydrogens is 463 g/mol. The first kappa shape index (κ1) is 26.8. The minimum absolute atomic E-state index is 0.133. The van der Waals surface area contributed by atoms with E-state index in [9.17, 15) is 9.59 Å². The summed E-state index contributed by atoms with van der Waals surface area (Å²) < 4.78 is 11.3. The summed E-state index contributed by atoms with van der Waals surface area (Å²) in [6.45, 7) is 9.20. The number of carbonyl (C=O) groups is 2. The van der Waals surface area contributed by atoms with E-state index in [4.69, 9.17) is 32.7 Å². The smallest absolute Gasteiger partial charge is 0.242 e. The molecule has 0 aliphatic heterocycles. The number of hydrogen-bond donors (Lipinski definition) is 1. The number of carbonyl (C=O) groups excluding carboxylic acids is 2. The van der Waals surface area contributed by atoms with Crippen molar-refractivity contribution < 1.29 is 19.1 Å². The van der Waals surface area contributed by atoms with Crippen molar-refractivity contribution >= 4 is 35.0 Å². The lowest BCUT2D eigenvalue weighted by atomic mass is 10.1. The van der Waals surface area contributed by atoms with Crippen LogP contribution in [0.5, 0.6) is 11.5 Å². The molecule has 0 saturated carbocycles. The molecule has 6 nitrogen and oxygen atoms in total. The molecule has 0 radical (unpaired) electrons. The normalized spacial score (nSPS) is 11.6. The molecule has 33 heavy (non-hydrogen) atoms. The summed E-state index contributed by atoms with van der Waals surface area (Å²) in [5, 5.41) is 3.64. The molecule has 0 spiro atoms. The summed E-state index contributed by atoms with van der Waals surface area (Å²) >= 11 is 12.2. The first-order chi connectivity index (χ1) is 15.8. The molecule has 0 saturated heterocycles. The Bertz CT molecular complexity index is 952. The molecule has 2 aromatic rings. The molecule has 0 heterocycles. The number of ether oxygens (including phenoxy) is 2. The Kier molecular flexibility index (Phi) is 10.8. The number of aryl methyl sites for hydroxylation is 1. The van der Waals surface area contributed by atoms with Crippen LogP contribution in [0, 0.1) is 0 Å². The molecular formula is C25H32Cl2N2O4. The molecule has 0 fully saturated rings. The minimum Gasteiger partial charge on any atom is -0.490 e. The lowest BCUT2D eigenvalue weighted by Gasteiger charge is -2.29. The summed E-state index contributed by atoms with van der Waals surface area (Å²) in [5.41, 5.74) is 1.75. The zero-order chi connectivity index (χ0) is 24.4. The van der Waals surface area contributed by atoms with Crippen LogP contribution in [-0.2, 0) is 22.6 Å². The lowest BCUT2D eigenvalue weighted by molar-refractivity contribution is -0.140. The van der Waals surface area contributed by atoms with Crippen LogP contribution < -0.4 is 14.8 Å². The Labute approximate surface area is 206 Å². The van der Waals surface area contributed by atoms with Gasteiger partial charge in [0.1, 0.15) is 6.04 Å². The van der Waals surface area contributed by atoms with Gasteiger partial charge in [-0.15, -0.1) is 0 Å². The van der Waals surface area contributed by atoms with E-state index in [0.29, 0.717) is 47.7 Å². The van der Waals surface area contributed by atoms with Gasteiger partial charge in [-0.05, 0) is 69.5 Å². The number of hydrogen-bond acceptors (Lipinski definition) is 4. The Balaban J connectivity index is 2.19. The molecule has 0 aromatic heterocycles. The maximum Gasteiger partial charge on any atom is 0.242 e. The van der Waals surface area contributed by atoms with Crippen LogP contribution in [0.4, 0.5) is 0 Å². The van der Waals surface area contributed by atoms with Gasteiger partial charge in [-0.2, -0.15) is 0 Å². The first-order valence-corrected chi connectivity index (χ1v) is 12.0. The SMILES string of the molecule is CCNC(=O)[C@H](C)N(Cc1ccc(Cl)c(Cl)c1)C(=O)CCc1ccc(OCC)c(OCC)c1. The zero-order valence-corrected chi connectivity index (χ0v) is 21.1. The second kappa shape index (κ2) is 13.3. The Morgan fingerprint density at radius 1 is 0.939 bits per heavy atom. The van der Waals surface area contributed by atoms with E-state index in [0.717, 1.165) is 11.1 Å². The van der Waals surface area contributed by atoms with Crippen molar-refractivity contribution in [3.63, 3.8) is 0 Å². The highest BCUT2D eigenvalue weighted by Gasteiger charge is 2.26. The maximum atomic E-state index is 13.2. The third-order valence-electron chi connectivity index (χ3n) is 5.09. The van der Waals surface area contributed by atoms with Crippen molar-refractivity contribution in [1.82, 2.24) is 10.2 Å². The van der Waals surface area contributed by atoms with E-state index in [1.54, 1.807) is 30.0 Å². The van der Waals surface area contributed by atoms with Crippen LogP contribution in [0.15, 0.2) is 36.4 Å². The molecule has 2 rings (SSSR count). The van der Waals surface area contributed by atoms with Gasteiger partial charge in [-0.3, -0.25) is 9.59 Å². The van der Waals surface area contributed by atoms with Crippen LogP contribution in [-0.4, -0.2) is 42.5 Å². The van der Waals surface area contributed by atoms with Gasteiger partial charge < -0.3 is 19.7 Å². The monoisotopic (exact) mass is 494 g/mol. The van der Waals surface area contributed by atoms with Gasteiger partial charge in [-0.1, -0.05) is 35.3 Å². The van der Waals surface area contributed by atoms with E-state index in [1.165, 1.54) is 0 Å². The van der Waals surface area contributed by atoms with Gasteiger partial charge in [0.15, 0.2) is 11.5 Å². The van der Waals surface area contributed by atoms with Crippen molar-refractivity contribution in [3.8, 4) is 11.5 Å². The largest absolute Gasteiger partial charge is 0.490 e. The summed E-state index contributed by atoms with van der Waals surface area (Å²) in [5.74, 6) is 1.01. The molecule has 8 heteroatoms. The summed E-state index contributed by atoms with van der Waals surface area (Å²) in [7, 11) is 0. The van der Waals surface area contributed by atoms with E-state index < -0.39 is 6.04 Å². The lowest BCUT2D eigenvalue weighted by Crippen LogP contribution is -2.47. The molecule has 2 amide bonds. The van der Waals surface area contributed by atoms with Gasteiger partial charge in [0.25, 0.3) is 0 Å². The fourth-order valence-electron chi connectivity index (χ4n) is 3.39. The van der Waals surface area contributed by atoms with Crippen molar-refractivity contribution in [2.75, 3.05) is 19.8 Å². The van der Waals surface area contributed by atoms with E-state index in [-0.39, 0.29) is 24.8 Å². The fraction of sp³-hybridized carbons (Fsp3) is 0.440. The van der Waals surface area contributed by atoms with Crippen molar-refractivity contribution in [1.29, 1.82) is 0 Å². The summed E-state index contributed by atoms with van der Waals surface area (Å²) in [4.78, 5) is 27.3. The quantitative estimate of drug-likeness (QED) is 0.435. The number of rotatable bonds is 12. The third kappa shape index (κ3) is 7.83. The van der Waals surface area contributed by atoms with Gasteiger partial charge >= 0.3 is 0 Å². The van der Waals surface area contributed by atoms with Gasteiger partial charge in [0.2, 0.25) is 11.8 Å². The van der Waals surface area contributed by atoms with Gasteiger partial charge in [0, 0.05) is 19.5 Å². The van der Waals surface area contributed by atoms with Crippen LogP contribution in [0.25, 0.3) is 0 Å². The average Bonchev–Trinajstić information content (AvgIpc) is 2.79. The van der Waals surface area contributed by atoms with E-state index in [2.05, 4.69) is 5.32 Å². The van der Waals surface area contributed by atoms with Crippen LogP contribution in [0.1, 0.15) is 45.2 Å². The molecule has 0 aliphatic rings. The second-order valence-electron chi connectivity index (χ2n) is 7.49. The standard InChI is InChI=1S/C25H32Cl2N2O4/c1-5-28-25(31)17(4)29(16-19-8-11-20(26)21(27)14-19)24(30)13-10-18-9-12-22(32-6-2)23(15-18)33-7-3/h8-9,11-12,14-15,17H,5-7,10,13,16H2,1-4H3,(H,28,31)/t17-/m0/s1. The molecule has 2 aromatic carbocycles. The third-order valence-corrected chi connectivity index (χ3v) is 5.83. The predicted molar refractivity (Wildman–Crippen MR) is 132 cm³/mol. The minimum atomic E-state index is -0.633. The number of halogens is 2. The highest BCUT2D eigenvalue weighted by molar-refractivity contribution is 6.42. The summed E-state index contributed by atoms with van der Waals surface area (Å²) in [6.07, 6.45) is 0.746. The predicted octanol–water partition coefficient (Wildman–Crippen LogP) is 5.28. The number of amides is 2. The molecule has 0 unspecified atom stereocenters. The van der Waals surface area contributed by atoms with Crippen LogP contribution in [0.2, 0.25) is 10.0 Å². The molecule has 180 valence electrons. The number of likely N-dealkylation sites (N-methyl/N-ethyl adjacent to an activating group) is 1. The van der Waals surface area contributed by atoms with Crippen molar-refractivity contribution in [3.05, 3.63) is 57.6 Å². The summed E-state index contributed by atoms with van der Waals surface area (Å²) in [6, 6.07) is 10.3. The highest BCUT2D eigenvalue weighted by atomic mass is 35.5. The second-order valence-corrected chi connectivity index (χ2v) is 8.30. The number of nitrogens with zero attached hydrogens (tertiary/aromatic N) is 1. The molecule has 0 bridgehead atoms. The Morgan fingerprint density at radius 3 is 2.24 bits per heavy atom. The van der Waals surface area contributed by atoms with Gasteiger partial charge in [0.05, 0.1) is 23.3 Å². The zero-order valence-electron chi connectivity index (χ0n) is 19.6. The average molecular weight is 495 g/mol. The van der Waals surface area contributed by atoms with Crippen molar-refractivity contribution in [2.24, 2.45) is 0 Å². The number of benzene rings is 2. The first-order valence-electron chi connectivity index (χ1n) is 11.2. The maximum absolute atomic E-state index is 13.2.